The van der Waals surface area contributed by atoms with Crippen LogP contribution in [0.15, 0.2) is 18.2 Å². The molecule has 2 aliphatic rings. The van der Waals surface area contributed by atoms with Crippen molar-refractivity contribution in [2.24, 2.45) is 11.7 Å². The quantitative estimate of drug-likeness (QED) is 0.849. The van der Waals surface area contributed by atoms with Crippen molar-refractivity contribution in [3.8, 4) is 11.5 Å². The van der Waals surface area contributed by atoms with Gasteiger partial charge in [0.25, 0.3) is 0 Å². The van der Waals surface area contributed by atoms with Gasteiger partial charge in [-0.2, -0.15) is 0 Å². The largest absolute Gasteiger partial charge is 0.486 e. The Bertz CT molecular complexity index is 590. The second kappa shape index (κ2) is 6.13. The number of urea groups is 1. The molecule has 0 spiro atoms. The predicted octanol–water partition coefficient (Wildman–Crippen LogP) is 0.475. The number of nitrogens with zero attached hydrogens (tertiary/aromatic N) is 1. The Morgan fingerprint density at radius 2 is 2.05 bits per heavy atom. The van der Waals surface area contributed by atoms with Gasteiger partial charge in [0.05, 0.1) is 5.92 Å². The number of carbonyl (C=O) groups is 2. The SMILES string of the molecule is NC(=O)[C@@H]1CCN(C(=O)NCc2ccc3c(c2)OCCO3)C1. The first kappa shape index (κ1) is 14.5. The van der Waals surface area contributed by atoms with Crippen LogP contribution in [-0.2, 0) is 11.3 Å². The van der Waals surface area contributed by atoms with Crippen molar-refractivity contribution in [2.75, 3.05) is 26.3 Å². The zero-order valence-electron chi connectivity index (χ0n) is 12.2. The van der Waals surface area contributed by atoms with Crippen molar-refractivity contribution in [2.45, 2.75) is 13.0 Å². The van der Waals surface area contributed by atoms with E-state index in [9.17, 15) is 9.59 Å². The maximum atomic E-state index is 12.1. The second-order valence-electron chi connectivity index (χ2n) is 5.47. The average molecular weight is 305 g/mol. The van der Waals surface area contributed by atoms with Crippen LogP contribution in [0.2, 0.25) is 0 Å². The number of amides is 3. The third-order valence-electron chi connectivity index (χ3n) is 3.93. The Balaban J connectivity index is 1.54. The first-order valence-electron chi connectivity index (χ1n) is 7.34. The number of hydrogen-bond acceptors (Lipinski definition) is 4. The fourth-order valence-electron chi connectivity index (χ4n) is 2.66. The zero-order chi connectivity index (χ0) is 15.5. The number of nitrogens with one attached hydrogen (secondary N) is 1. The molecule has 2 heterocycles. The lowest BCUT2D eigenvalue weighted by molar-refractivity contribution is -0.121. The van der Waals surface area contributed by atoms with E-state index in [1.54, 1.807) is 4.90 Å². The number of rotatable bonds is 3. The maximum absolute atomic E-state index is 12.1. The molecule has 1 aromatic carbocycles. The highest BCUT2D eigenvalue weighted by Gasteiger charge is 2.29. The molecule has 118 valence electrons. The Kier molecular flexibility index (Phi) is 4.04. The van der Waals surface area contributed by atoms with Gasteiger partial charge < -0.3 is 25.4 Å². The van der Waals surface area contributed by atoms with Crippen molar-refractivity contribution in [1.82, 2.24) is 10.2 Å². The summed E-state index contributed by atoms with van der Waals surface area (Å²) in [5.41, 5.74) is 6.20. The first-order chi connectivity index (χ1) is 10.6. The number of nitrogens with two attached hydrogens (primary N) is 1. The molecule has 1 fully saturated rings. The summed E-state index contributed by atoms with van der Waals surface area (Å²) in [4.78, 5) is 24.8. The molecule has 1 atom stereocenters. The van der Waals surface area contributed by atoms with Gasteiger partial charge in [-0.15, -0.1) is 0 Å². The summed E-state index contributed by atoms with van der Waals surface area (Å²) in [7, 11) is 0. The summed E-state index contributed by atoms with van der Waals surface area (Å²) >= 11 is 0. The van der Waals surface area contributed by atoms with Crippen molar-refractivity contribution >= 4 is 11.9 Å². The molecule has 0 unspecified atom stereocenters. The van der Waals surface area contributed by atoms with Gasteiger partial charge in [-0.3, -0.25) is 4.79 Å². The summed E-state index contributed by atoms with van der Waals surface area (Å²) < 4.78 is 11.0. The first-order valence-corrected chi connectivity index (χ1v) is 7.34. The molecular formula is C15H19N3O4. The van der Waals surface area contributed by atoms with Gasteiger partial charge in [0, 0.05) is 19.6 Å². The van der Waals surface area contributed by atoms with Crippen LogP contribution >= 0.6 is 0 Å². The number of fused-ring (bicyclic) bond motifs is 1. The highest BCUT2D eigenvalue weighted by atomic mass is 16.6. The normalized spacial score (nSPS) is 19.8. The molecular weight excluding hydrogens is 286 g/mol. The van der Waals surface area contributed by atoms with Gasteiger partial charge in [0.1, 0.15) is 13.2 Å². The third-order valence-corrected chi connectivity index (χ3v) is 3.93. The van der Waals surface area contributed by atoms with Crippen molar-refractivity contribution < 1.29 is 19.1 Å². The number of primary amides is 1. The van der Waals surface area contributed by atoms with E-state index in [-0.39, 0.29) is 17.9 Å². The summed E-state index contributed by atoms with van der Waals surface area (Å²) in [6.45, 7) is 2.43. The van der Waals surface area contributed by atoms with Crippen LogP contribution in [0.5, 0.6) is 11.5 Å². The van der Waals surface area contributed by atoms with Gasteiger partial charge in [0.2, 0.25) is 5.91 Å². The lowest BCUT2D eigenvalue weighted by atomic mass is 10.1. The Morgan fingerprint density at radius 1 is 1.27 bits per heavy atom. The predicted molar refractivity (Wildman–Crippen MR) is 78.5 cm³/mol. The molecule has 1 aromatic rings. The van der Waals surface area contributed by atoms with Gasteiger partial charge in [-0.25, -0.2) is 4.79 Å². The van der Waals surface area contributed by atoms with Crippen LogP contribution in [0.1, 0.15) is 12.0 Å². The summed E-state index contributed by atoms with van der Waals surface area (Å²) in [6.07, 6.45) is 0.632. The lowest BCUT2D eigenvalue weighted by Gasteiger charge is -2.20. The molecule has 3 rings (SSSR count). The number of likely N-dealkylation sites (tertiary alicyclic amines) is 1. The van der Waals surface area contributed by atoms with E-state index in [0.29, 0.717) is 45.0 Å². The van der Waals surface area contributed by atoms with Gasteiger partial charge in [-0.05, 0) is 24.1 Å². The van der Waals surface area contributed by atoms with E-state index in [1.807, 2.05) is 18.2 Å². The molecule has 7 nitrogen and oxygen atoms in total. The van der Waals surface area contributed by atoms with Gasteiger partial charge in [-0.1, -0.05) is 6.07 Å². The molecule has 7 heteroatoms. The highest BCUT2D eigenvalue weighted by Crippen LogP contribution is 2.30. The molecule has 22 heavy (non-hydrogen) atoms. The van der Waals surface area contributed by atoms with Crippen LogP contribution in [0, 0.1) is 5.92 Å². The minimum atomic E-state index is -0.345. The smallest absolute Gasteiger partial charge is 0.317 e. The second-order valence-corrected chi connectivity index (χ2v) is 5.47. The molecule has 1 saturated heterocycles. The van der Waals surface area contributed by atoms with Crippen molar-refractivity contribution in [1.29, 1.82) is 0 Å². The zero-order valence-corrected chi connectivity index (χ0v) is 12.2. The topological polar surface area (TPSA) is 93.9 Å². The average Bonchev–Trinajstić information content (AvgIpc) is 3.03. The monoisotopic (exact) mass is 305 g/mol. The van der Waals surface area contributed by atoms with Crippen molar-refractivity contribution in [3.63, 3.8) is 0 Å². The van der Waals surface area contributed by atoms with E-state index in [0.717, 1.165) is 11.3 Å². The summed E-state index contributed by atoms with van der Waals surface area (Å²) in [5.74, 6) is 0.848. The number of ether oxygens (including phenoxy) is 2. The van der Waals surface area contributed by atoms with Crippen LogP contribution in [-0.4, -0.2) is 43.1 Å². The maximum Gasteiger partial charge on any atom is 0.317 e. The molecule has 3 N–H and O–H groups in total. The fraction of sp³-hybridized carbons (Fsp3) is 0.467. The molecule has 0 aromatic heterocycles. The number of hydrogen-bond donors (Lipinski definition) is 2. The molecule has 3 amide bonds. The van der Waals surface area contributed by atoms with Crippen LogP contribution in [0.25, 0.3) is 0 Å². The van der Waals surface area contributed by atoms with Crippen LogP contribution in [0.4, 0.5) is 4.79 Å². The van der Waals surface area contributed by atoms with E-state index >= 15 is 0 Å². The molecule has 0 bridgehead atoms. The standard InChI is InChI=1S/C15H19N3O4/c16-14(19)11-3-4-18(9-11)15(20)17-8-10-1-2-12-13(7-10)22-6-5-21-12/h1-2,7,11H,3-6,8-9H2,(H2,16,19)(H,17,20)/t11-/m1/s1. The molecule has 2 aliphatic heterocycles. The van der Waals surface area contributed by atoms with E-state index < -0.39 is 0 Å². The Morgan fingerprint density at radius 3 is 2.77 bits per heavy atom. The summed E-state index contributed by atoms with van der Waals surface area (Å²) in [5, 5.41) is 2.85. The Labute approximate surface area is 128 Å². The molecule has 0 saturated carbocycles. The lowest BCUT2D eigenvalue weighted by Crippen LogP contribution is -2.39. The highest BCUT2D eigenvalue weighted by molar-refractivity contribution is 5.80. The van der Waals surface area contributed by atoms with Gasteiger partial charge in [0.15, 0.2) is 11.5 Å². The van der Waals surface area contributed by atoms with Gasteiger partial charge >= 0.3 is 6.03 Å². The fourth-order valence-corrected chi connectivity index (χ4v) is 2.66. The Hall–Kier alpha value is -2.44. The van der Waals surface area contributed by atoms with E-state index in [4.69, 9.17) is 15.2 Å². The van der Waals surface area contributed by atoms with Crippen LogP contribution in [0.3, 0.4) is 0 Å². The molecule has 0 radical (unpaired) electrons. The van der Waals surface area contributed by atoms with E-state index in [1.165, 1.54) is 0 Å². The summed E-state index contributed by atoms with van der Waals surface area (Å²) in [6, 6.07) is 5.42. The van der Waals surface area contributed by atoms with E-state index in [2.05, 4.69) is 5.32 Å². The minimum absolute atomic E-state index is 0.182. The minimum Gasteiger partial charge on any atom is -0.486 e. The number of benzene rings is 1. The molecule has 0 aliphatic carbocycles. The van der Waals surface area contributed by atoms with Crippen molar-refractivity contribution in [3.05, 3.63) is 23.8 Å². The third kappa shape index (κ3) is 3.08. The number of carbonyl (C=O) groups excluding carboxylic acids is 2. The van der Waals surface area contributed by atoms with Crippen LogP contribution < -0.4 is 20.5 Å².